The summed E-state index contributed by atoms with van der Waals surface area (Å²) in [5.41, 5.74) is 1.81. The van der Waals surface area contributed by atoms with Gasteiger partial charge in [-0.3, -0.25) is 4.79 Å². The number of rotatable bonds is 4. The number of nitrogens with one attached hydrogen (secondary N) is 1. The fourth-order valence-corrected chi connectivity index (χ4v) is 2.86. The third kappa shape index (κ3) is 3.04. The van der Waals surface area contributed by atoms with E-state index in [1.807, 2.05) is 23.1 Å². The van der Waals surface area contributed by atoms with Gasteiger partial charge in [0.25, 0.3) is 5.91 Å². The Bertz CT molecular complexity index is 624. The number of aryl methyl sites for hydroxylation is 1. The average Bonchev–Trinajstić information content (AvgIpc) is 3.04. The molecule has 1 aliphatic heterocycles. The van der Waals surface area contributed by atoms with Gasteiger partial charge in [0.2, 0.25) is 0 Å². The van der Waals surface area contributed by atoms with E-state index >= 15 is 0 Å². The van der Waals surface area contributed by atoms with Crippen LogP contribution in [0.1, 0.15) is 41.1 Å². The fourth-order valence-electron chi connectivity index (χ4n) is 2.86. The number of aromatic nitrogens is 1. The minimum absolute atomic E-state index is 0.0205. The minimum atomic E-state index is 0.0205. The van der Waals surface area contributed by atoms with Crippen molar-refractivity contribution < 1.29 is 9.32 Å². The number of carbonyl (C=O) groups excluding carboxylic acids is 1. The highest BCUT2D eigenvalue weighted by molar-refractivity contribution is 5.95. The van der Waals surface area contributed by atoms with Crippen molar-refractivity contribution in [3.63, 3.8) is 0 Å². The second-order valence-electron chi connectivity index (χ2n) is 5.58. The number of nitrogens with zero attached hydrogens (tertiary/aromatic N) is 2. The lowest BCUT2D eigenvalue weighted by atomic mass is 10.0. The SMILES string of the molecule is CCCc1oncc1C(=O)N1CCNC(c2ccccc2)C1. The van der Waals surface area contributed by atoms with E-state index in [0.717, 1.165) is 19.4 Å². The van der Waals surface area contributed by atoms with E-state index in [9.17, 15) is 4.79 Å². The fraction of sp³-hybridized carbons (Fsp3) is 0.412. The maximum Gasteiger partial charge on any atom is 0.259 e. The second-order valence-corrected chi connectivity index (χ2v) is 5.58. The number of benzene rings is 1. The van der Waals surface area contributed by atoms with Crippen LogP contribution in [0.15, 0.2) is 41.1 Å². The summed E-state index contributed by atoms with van der Waals surface area (Å²) in [6.07, 6.45) is 3.23. The largest absolute Gasteiger partial charge is 0.361 e. The third-order valence-corrected chi connectivity index (χ3v) is 4.02. The maximum atomic E-state index is 12.7. The van der Waals surface area contributed by atoms with Crippen molar-refractivity contribution in [3.8, 4) is 0 Å². The lowest BCUT2D eigenvalue weighted by molar-refractivity contribution is 0.0700. The first-order valence-electron chi connectivity index (χ1n) is 7.80. The first-order valence-corrected chi connectivity index (χ1v) is 7.80. The number of carbonyl (C=O) groups is 1. The van der Waals surface area contributed by atoms with E-state index in [-0.39, 0.29) is 11.9 Å². The van der Waals surface area contributed by atoms with E-state index in [4.69, 9.17) is 4.52 Å². The molecule has 5 heteroatoms. The summed E-state index contributed by atoms with van der Waals surface area (Å²) >= 11 is 0. The van der Waals surface area contributed by atoms with E-state index in [2.05, 4.69) is 29.5 Å². The number of amides is 1. The molecular weight excluding hydrogens is 278 g/mol. The normalized spacial score (nSPS) is 18.4. The summed E-state index contributed by atoms with van der Waals surface area (Å²) in [7, 11) is 0. The lowest BCUT2D eigenvalue weighted by Gasteiger charge is -2.33. The molecule has 0 radical (unpaired) electrons. The molecule has 0 spiro atoms. The van der Waals surface area contributed by atoms with Crippen molar-refractivity contribution in [1.29, 1.82) is 0 Å². The Balaban J connectivity index is 1.74. The molecule has 3 rings (SSSR count). The molecule has 0 bridgehead atoms. The van der Waals surface area contributed by atoms with E-state index in [1.54, 1.807) is 6.20 Å². The Morgan fingerprint density at radius 3 is 3.00 bits per heavy atom. The first-order chi connectivity index (χ1) is 10.8. The standard InChI is InChI=1S/C17H21N3O2/c1-2-6-16-14(11-19-22-16)17(21)20-10-9-18-15(12-20)13-7-4-3-5-8-13/h3-5,7-8,11,15,18H,2,6,9-10,12H2,1H3. The zero-order valence-corrected chi connectivity index (χ0v) is 12.8. The van der Waals surface area contributed by atoms with E-state index < -0.39 is 0 Å². The molecule has 116 valence electrons. The predicted octanol–water partition coefficient (Wildman–Crippen LogP) is 2.41. The van der Waals surface area contributed by atoms with Crippen LogP contribution in [0.2, 0.25) is 0 Å². The molecule has 22 heavy (non-hydrogen) atoms. The van der Waals surface area contributed by atoms with Crippen LogP contribution in [0, 0.1) is 0 Å². The average molecular weight is 299 g/mol. The van der Waals surface area contributed by atoms with Gasteiger partial charge in [0.05, 0.1) is 6.20 Å². The predicted molar refractivity (Wildman–Crippen MR) is 83.6 cm³/mol. The number of hydrogen-bond donors (Lipinski definition) is 1. The topological polar surface area (TPSA) is 58.4 Å². The van der Waals surface area contributed by atoms with Gasteiger partial charge in [0.15, 0.2) is 0 Å². The van der Waals surface area contributed by atoms with Crippen LogP contribution >= 0.6 is 0 Å². The molecule has 1 atom stereocenters. The summed E-state index contributed by atoms with van der Waals surface area (Å²) in [5.74, 6) is 0.717. The summed E-state index contributed by atoms with van der Waals surface area (Å²) in [6, 6.07) is 10.4. The summed E-state index contributed by atoms with van der Waals surface area (Å²) in [6.45, 7) is 4.23. The van der Waals surface area contributed by atoms with Gasteiger partial charge in [-0.1, -0.05) is 42.4 Å². The van der Waals surface area contributed by atoms with Gasteiger partial charge in [0, 0.05) is 32.1 Å². The van der Waals surface area contributed by atoms with Crippen molar-refractivity contribution in [2.75, 3.05) is 19.6 Å². The maximum absolute atomic E-state index is 12.7. The smallest absolute Gasteiger partial charge is 0.259 e. The molecule has 1 aromatic heterocycles. The molecule has 1 aromatic carbocycles. The number of hydrogen-bond acceptors (Lipinski definition) is 4. The first kappa shape index (κ1) is 14.8. The zero-order chi connectivity index (χ0) is 15.4. The van der Waals surface area contributed by atoms with Crippen molar-refractivity contribution in [3.05, 3.63) is 53.4 Å². The van der Waals surface area contributed by atoms with Gasteiger partial charge in [-0.15, -0.1) is 0 Å². The molecule has 2 heterocycles. The van der Waals surface area contributed by atoms with Crippen LogP contribution in [-0.4, -0.2) is 35.6 Å². The highest BCUT2D eigenvalue weighted by Gasteiger charge is 2.27. The number of piperazine rings is 1. The quantitative estimate of drug-likeness (QED) is 0.942. The van der Waals surface area contributed by atoms with Gasteiger partial charge in [-0.2, -0.15) is 0 Å². The Morgan fingerprint density at radius 1 is 1.41 bits per heavy atom. The monoisotopic (exact) mass is 299 g/mol. The lowest BCUT2D eigenvalue weighted by Crippen LogP contribution is -2.48. The van der Waals surface area contributed by atoms with Crippen molar-refractivity contribution in [2.24, 2.45) is 0 Å². The van der Waals surface area contributed by atoms with Gasteiger partial charge >= 0.3 is 0 Å². The van der Waals surface area contributed by atoms with E-state index in [1.165, 1.54) is 5.56 Å². The molecule has 1 saturated heterocycles. The molecule has 5 nitrogen and oxygen atoms in total. The van der Waals surface area contributed by atoms with Crippen LogP contribution in [0.5, 0.6) is 0 Å². The third-order valence-electron chi connectivity index (χ3n) is 4.02. The highest BCUT2D eigenvalue weighted by Crippen LogP contribution is 2.20. The van der Waals surface area contributed by atoms with Gasteiger partial charge < -0.3 is 14.7 Å². The Labute approximate surface area is 130 Å². The van der Waals surface area contributed by atoms with Crippen LogP contribution in [0.3, 0.4) is 0 Å². The summed E-state index contributed by atoms with van der Waals surface area (Å²) in [5, 5.41) is 7.27. The van der Waals surface area contributed by atoms with Crippen LogP contribution in [-0.2, 0) is 6.42 Å². The van der Waals surface area contributed by atoms with Gasteiger partial charge in [-0.25, -0.2) is 0 Å². The van der Waals surface area contributed by atoms with Crippen LogP contribution in [0.4, 0.5) is 0 Å². The molecule has 0 saturated carbocycles. The summed E-state index contributed by atoms with van der Waals surface area (Å²) < 4.78 is 5.22. The van der Waals surface area contributed by atoms with Gasteiger partial charge in [0.1, 0.15) is 11.3 Å². The van der Waals surface area contributed by atoms with Crippen molar-refractivity contribution >= 4 is 5.91 Å². The van der Waals surface area contributed by atoms with Crippen molar-refractivity contribution in [1.82, 2.24) is 15.4 Å². The van der Waals surface area contributed by atoms with Crippen LogP contribution in [0.25, 0.3) is 0 Å². The molecule has 1 fully saturated rings. The summed E-state index contributed by atoms with van der Waals surface area (Å²) in [4.78, 5) is 14.6. The molecule has 1 unspecified atom stereocenters. The van der Waals surface area contributed by atoms with Crippen molar-refractivity contribution in [2.45, 2.75) is 25.8 Å². The molecular formula is C17H21N3O2. The Hall–Kier alpha value is -2.14. The molecule has 0 aliphatic carbocycles. The highest BCUT2D eigenvalue weighted by atomic mass is 16.5. The Morgan fingerprint density at radius 2 is 2.23 bits per heavy atom. The van der Waals surface area contributed by atoms with Gasteiger partial charge in [-0.05, 0) is 12.0 Å². The second kappa shape index (κ2) is 6.75. The molecule has 1 aliphatic rings. The Kier molecular flexibility index (Phi) is 4.53. The molecule has 1 N–H and O–H groups in total. The van der Waals surface area contributed by atoms with E-state index in [0.29, 0.717) is 24.4 Å². The molecule has 1 amide bonds. The molecule has 2 aromatic rings. The minimum Gasteiger partial charge on any atom is -0.361 e. The van der Waals surface area contributed by atoms with Crippen LogP contribution < -0.4 is 5.32 Å². The zero-order valence-electron chi connectivity index (χ0n) is 12.8.